The lowest BCUT2D eigenvalue weighted by molar-refractivity contribution is -0.113. The van der Waals surface area contributed by atoms with E-state index in [1.807, 2.05) is 18.2 Å². The largest absolute Gasteiger partial charge is 0.454 e. The number of nitrogens with zero attached hydrogens (tertiary/aromatic N) is 1. The van der Waals surface area contributed by atoms with Crippen LogP contribution in [0, 0.1) is 0 Å². The van der Waals surface area contributed by atoms with Crippen LogP contribution in [0.4, 0.5) is 5.69 Å². The van der Waals surface area contributed by atoms with E-state index in [0.717, 1.165) is 9.86 Å². The Morgan fingerprint density at radius 1 is 1.08 bits per heavy atom. The maximum Gasteiger partial charge on any atom is 0.255 e. The van der Waals surface area contributed by atoms with Crippen LogP contribution in [0.15, 0.2) is 68.3 Å². The average Bonchev–Trinajstić information content (AvgIpc) is 3.00. The molecule has 0 saturated carbocycles. The van der Waals surface area contributed by atoms with E-state index in [-0.39, 0.29) is 17.3 Å². The highest BCUT2D eigenvalue weighted by Gasteiger charge is 2.14. The van der Waals surface area contributed by atoms with Crippen molar-refractivity contribution < 1.29 is 9.21 Å². The lowest BCUT2D eigenvalue weighted by atomic mass is 10.2. The molecule has 0 aliphatic rings. The third-order valence-corrected chi connectivity index (χ3v) is 4.74. The highest BCUT2D eigenvalue weighted by molar-refractivity contribution is 9.10. The molecule has 0 spiro atoms. The molecule has 4 aromatic rings. The van der Waals surface area contributed by atoms with Gasteiger partial charge in [0.05, 0.1) is 0 Å². The van der Waals surface area contributed by atoms with Gasteiger partial charge in [-0.15, -0.1) is 11.6 Å². The van der Waals surface area contributed by atoms with E-state index in [4.69, 9.17) is 16.0 Å². The van der Waals surface area contributed by atoms with Crippen molar-refractivity contribution in [2.45, 2.75) is 0 Å². The lowest BCUT2D eigenvalue weighted by Crippen LogP contribution is -2.17. The zero-order chi connectivity index (χ0) is 18.3. The van der Waals surface area contributed by atoms with Crippen molar-refractivity contribution in [3.8, 4) is 5.69 Å². The summed E-state index contributed by atoms with van der Waals surface area (Å²) in [6.07, 6.45) is 0. The Balaban J connectivity index is 1.92. The predicted molar refractivity (Wildman–Crippen MR) is 106 cm³/mol. The first kappa shape index (κ1) is 16.9. The van der Waals surface area contributed by atoms with Crippen LogP contribution in [0.25, 0.3) is 27.8 Å². The minimum Gasteiger partial charge on any atom is -0.454 e. The van der Waals surface area contributed by atoms with E-state index in [2.05, 4.69) is 21.2 Å². The van der Waals surface area contributed by atoms with Gasteiger partial charge in [0, 0.05) is 27.3 Å². The topological polar surface area (TPSA) is 64.2 Å². The normalized spacial score (nSPS) is 11.2. The zero-order valence-electron chi connectivity index (χ0n) is 13.3. The highest BCUT2D eigenvalue weighted by atomic mass is 79.9. The summed E-state index contributed by atoms with van der Waals surface area (Å²) in [6.45, 7) is 0. The predicted octanol–water partition coefficient (Wildman–Crippen LogP) is 4.68. The number of pyridine rings is 1. The second-order valence-electron chi connectivity index (χ2n) is 5.69. The molecule has 1 amide bonds. The minimum atomic E-state index is -0.288. The van der Waals surface area contributed by atoms with Gasteiger partial charge in [0.1, 0.15) is 17.0 Å². The van der Waals surface area contributed by atoms with Crippen molar-refractivity contribution in [2.24, 2.45) is 0 Å². The number of hydrogen-bond donors (Lipinski definition) is 1. The molecule has 5 nitrogen and oxygen atoms in total. The van der Waals surface area contributed by atoms with E-state index in [0.29, 0.717) is 28.1 Å². The van der Waals surface area contributed by atoms with Crippen LogP contribution in [0.3, 0.4) is 0 Å². The Hall–Kier alpha value is -2.57. The highest BCUT2D eigenvalue weighted by Crippen LogP contribution is 2.31. The van der Waals surface area contributed by atoms with Gasteiger partial charge in [-0.05, 0) is 48.5 Å². The number of aromatic nitrogens is 1. The van der Waals surface area contributed by atoms with Gasteiger partial charge in [-0.3, -0.25) is 14.2 Å². The van der Waals surface area contributed by atoms with Crippen LogP contribution in [-0.2, 0) is 4.79 Å². The number of hydrogen-bond acceptors (Lipinski definition) is 3. The molecule has 0 aliphatic heterocycles. The van der Waals surface area contributed by atoms with Crippen LogP contribution in [0.1, 0.15) is 0 Å². The first-order valence-electron chi connectivity index (χ1n) is 7.77. The number of nitrogens with one attached hydrogen (secondary N) is 1. The molecule has 1 N–H and O–H groups in total. The minimum absolute atomic E-state index is 0.115. The van der Waals surface area contributed by atoms with Gasteiger partial charge in [-0.25, -0.2) is 0 Å². The van der Waals surface area contributed by atoms with Crippen LogP contribution in [-0.4, -0.2) is 16.4 Å². The molecule has 0 unspecified atom stereocenters. The van der Waals surface area contributed by atoms with Gasteiger partial charge in [-0.2, -0.15) is 0 Å². The summed E-state index contributed by atoms with van der Waals surface area (Å²) in [5, 5.41) is 3.51. The van der Waals surface area contributed by atoms with Crippen molar-refractivity contribution in [1.29, 1.82) is 0 Å². The maximum absolute atomic E-state index is 12.6. The fourth-order valence-corrected chi connectivity index (χ4v) is 3.32. The number of rotatable bonds is 3. The van der Waals surface area contributed by atoms with Crippen molar-refractivity contribution in [3.63, 3.8) is 0 Å². The van der Waals surface area contributed by atoms with Crippen molar-refractivity contribution in [1.82, 2.24) is 4.57 Å². The molecule has 2 aromatic heterocycles. The van der Waals surface area contributed by atoms with Gasteiger partial charge in [0.2, 0.25) is 5.91 Å². The number of fused-ring (bicyclic) bond motifs is 3. The molecule has 4 rings (SSSR count). The van der Waals surface area contributed by atoms with Crippen LogP contribution in [0.5, 0.6) is 0 Å². The molecule has 0 bridgehead atoms. The maximum atomic E-state index is 12.6. The molecule has 2 heterocycles. The van der Waals surface area contributed by atoms with Crippen molar-refractivity contribution in [2.75, 3.05) is 11.2 Å². The first-order valence-corrected chi connectivity index (χ1v) is 9.09. The monoisotopic (exact) mass is 430 g/mol. The molecule has 26 heavy (non-hydrogen) atoms. The Bertz CT molecular complexity index is 1200. The number of carbonyl (C=O) groups excluding carboxylic acids is 1. The summed E-state index contributed by atoms with van der Waals surface area (Å²) in [5.41, 5.74) is 3.14. The first-order chi connectivity index (χ1) is 12.6. The Morgan fingerprint density at radius 2 is 1.81 bits per heavy atom. The summed E-state index contributed by atoms with van der Waals surface area (Å²) in [7, 11) is 0. The third kappa shape index (κ3) is 2.91. The van der Waals surface area contributed by atoms with E-state index in [9.17, 15) is 9.59 Å². The van der Waals surface area contributed by atoms with E-state index in [1.54, 1.807) is 34.9 Å². The fraction of sp³-hybridized carbons (Fsp3) is 0.0526. The number of furan rings is 1. The van der Waals surface area contributed by atoms with Crippen molar-refractivity contribution >= 4 is 61.2 Å². The molecule has 0 saturated heterocycles. The van der Waals surface area contributed by atoms with Gasteiger partial charge < -0.3 is 9.73 Å². The van der Waals surface area contributed by atoms with Gasteiger partial charge in [0.15, 0.2) is 5.58 Å². The molecule has 130 valence electrons. The SMILES string of the molecule is O=C(CCl)Nc1ccc(-n2c(=O)ccc3oc4ccc(Br)cc4c32)cc1. The van der Waals surface area contributed by atoms with Crippen LogP contribution < -0.4 is 10.9 Å². The Labute approximate surface area is 161 Å². The lowest BCUT2D eigenvalue weighted by Gasteiger charge is -2.09. The summed E-state index contributed by atoms with van der Waals surface area (Å²) in [5.74, 6) is -0.402. The summed E-state index contributed by atoms with van der Waals surface area (Å²) in [6, 6.07) is 15.8. The number of amides is 1. The third-order valence-electron chi connectivity index (χ3n) is 4.00. The molecular weight excluding hydrogens is 420 g/mol. The molecule has 0 atom stereocenters. The molecule has 2 aromatic carbocycles. The van der Waals surface area contributed by atoms with Crippen LogP contribution in [0.2, 0.25) is 0 Å². The standard InChI is InChI=1S/C19H12BrClN2O3/c20-11-1-6-15-14(9-11)19-16(26-15)7-8-18(25)23(19)13-4-2-12(3-5-13)22-17(24)10-21/h1-9H,10H2,(H,22,24). The number of carbonyl (C=O) groups is 1. The molecule has 0 radical (unpaired) electrons. The molecule has 0 aliphatic carbocycles. The van der Waals surface area contributed by atoms with Gasteiger partial charge >= 0.3 is 0 Å². The Morgan fingerprint density at radius 3 is 2.54 bits per heavy atom. The fourth-order valence-electron chi connectivity index (χ4n) is 2.90. The molecular formula is C19H12BrClN2O3. The smallest absolute Gasteiger partial charge is 0.255 e. The van der Waals surface area contributed by atoms with Gasteiger partial charge in [0.25, 0.3) is 5.56 Å². The quantitative estimate of drug-likeness (QED) is 0.479. The van der Waals surface area contributed by atoms with E-state index in [1.165, 1.54) is 6.07 Å². The summed E-state index contributed by atoms with van der Waals surface area (Å²) in [4.78, 5) is 24.0. The summed E-state index contributed by atoms with van der Waals surface area (Å²) >= 11 is 8.96. The van der Waals surface area contributed by atoms with E-state index < -0.39 is 0 Å². The number of halogens is 2. The molecule has 7 heteroatoms. The number of anilines is 1. The summed E-state index contributed by atoms with van der Waals surface area (Å²) < 4.78 is 8.36. The zero-order valence-corrected chi connectivity index (χ0v) is 15.7. The average molecular weight is 432 g/mol. The number of alkyl halides is 1. The second kappa shape index (κ2) is 6.63. The number of benzene rings is 2. The van der Waals surface area contributed by atoms with Crippen LogP contribution >= 0.6 is 27.5 Å². The second-order valence-corrected chi connectivity index (χ2v) is 6.87. The Kier molecular flexibility index (Phi) is 4.30. The van der Waals surface area contributed by atoms with Gasteiger partial charge in [-0.1, -0.05) is 15.9 Å². The van der Waals surface area contributed by atoms with E-state index >= 15 is 0 Å². The van der Waals surface area contributed by atoms with Crippen molar-refractivity contribution in [3.05, 3.63) is 69.4 Å². The molecule has 0 fully saturated rings.